The number of carbonyl (C=O) groups is 2. The van der Waals surface area contributed by atoms with Gasteiger partial charge in [-0.25, -0.2) is 18.4 Å². The summed E-state index contributed by atoms with van der Waals surface area (Å²) in [6.45, 7) is -0.179. The van der Waals surface area contributed by atoms with Gasteiger partial charge < -0.3 is 10.0 Å². The molecule has 0 aromatic heterocycles. The predicted octanol–water partition coefficient (Wildman–Crippen LogP) is -0.428. The third-order valence-electron chi connectivity index (χ3n) is 3.52. The molecule has 0 radical (unpaired) electrons. The van der Waals surface area contributed by atoms with Crippen molar-refractivity contribution in [3.63, 3.8) is 0 Å². The molecule has 0 aliphatic carbocycles. The Bertz CT molecular complexity index is 644. The molecule has 1 fully saturated rings. The summed E-state index contributed by atoms with van der Waals surface area (Å²) in [6.07, 6.45) is -0.142. The number of carboxylic acids is 1. The van der Waals surface area contributed by atoms with E-state index in [0.29, 0.717) is 0 Å². The molecule has 7 nitrogen and oxygen atoms in total. The molecule has 0 bridgehead atoms. The van der Waals surface area contributed by atoms with Gasteiger partial charge in [-0.3, -0.25) is 4.79 Å². The van der Waals surface area contributed by atoms with Crippen molar-refractivity contribution in [3.8, 4) is 0 Å². The number of carbonyl (C=O) groups excluding carboxylic acids is 1. The Morgan fingerprint density at radius 2 is 2.00 bits per heavy atom. The third-order valence-corrected chi connectivity index (χ3v) is 4.77. The zero-order valence-electron chi connectivity index (χ0n) is 11.2. The van der Waals surface area contributed by atoms with E-state index in [1.165, 1.54) is 0 Å². The molecule has 2 rings (SSSR count). The number of hydrogen-bond donors (Lipinski definition) is 2. The molecule has 114 valence electrons. The van der Waals surface area contributed by atoms with E-state index in [1.54, 1.807) is 30.3 Å². The van der Waals surface area contributed by atoms with Crippen molar-refractivity contribution in [3.05, 3.63) is 35.9 Å². The van der Waals surface area contributed by atoms with Crippen molar-refractivity contribution in [2.75, 3.05) is 6.54 Å². The molecule has 1 aromatic carbocycles. The maximum Gasteiger partial charge on any atom is 0.326 e. The van der Waals surface area contributed by atoms with Gasteiger partial charge in [0.05, 0.1) is 0 Å². The first kappa shape index (κ1) is 15.5. The van der Waals surface area contributed by atoms with E-state index >= 15 is 0 Å². The molecule has 8 heteroatoms. The van der Waals surface area contributed by atoms with Crippen molar-refractivity contribution < 1.29 is 23.1 Å². The summed E-state index contributed by atoms with van der Waals surface area (Å²) in [7, 11) is -3.86. The lowest BCUT2D eigenvalue weighted by atomic mass is 10.1. The zero-order valence-corrected chi connectivity index (χ0v) is 12.0. The maximum atomic E-state index is 11.9. The number of benzene rings is 1. The van der Waals surface area contributed by atoms with Gasteiger partial charge >= 0.3 is 5.97 Å². The van der Waals surface area contributed by atoms with E-state index in [0.717, 1.165) is 10.5 Å². The largest absolute Gasteiger partial charge is 0.480 e. The van der Waals surface area contributed by atoms with Crippen LogP contribution in [0.25, 0.3) is 0 Å². The fourth-order valence-electron chi connectivity index (χ4n) is 2.39. The SMILES string of the molecule is NS(=O)(=O)C1CC(=O)N([C@@H](Cc2ccccc2)C(=O)O)C1. The summed E-state index contributed by atoms with van der Waals surface area (Å²) < 4.78 is 22.7. The Labute approximate surface area is 122 Å². The molecular formula is C13H16N2O5S. The number of likely N-dealkylation sites (tertiary alicyclic amines) is 1. The monoisotopic (exact) mass is 312 g/mol. The van der Waals surface area contributed by atoms with Gasteiger partial charge in [0.1, 0.15) is 11.3 Å². The molecule has 0 spiro atoms. The van der Waals surface area contributed by atoms with E-state index in [1.807, 2.05) is 0 Å². The number of primary sulfonamides is 1. The highest BCUT2D eigenvalue weighted by Gasteiger charge is 2.41. The topological polar surface area (TPSA) is 118 Å². The molecule has 1 aliphatic heterocycles. The summed E-state index contributed by atoms with van der Waals surface area (Å²) in [5.41, 5.74) is 0.761. The molecule has 1 aromatic rings. The molecule has 1 unspecified atom stereocenters. The zero-order chi connectivity index (χ0) is 15.6. The molecule has 1 heterocycles. The van der Waals surface area contributed by atoms with Crippen LogP contribution in [0.1, 0.15) is 12.0 Å². The second-order valence-corrected chi connectivity index (χ2v) is 6.85. The smallest absolute Gasteiger partial charge is 0.326 e. The average Bonchev–Trinajstić information content (AvgIpc) is 2.79. The van der Waals surface area contributed by atoms with Crippen LogP contribution in [0.2, 0.25) is 0 Å². The molecule has 1 saturated heterocycles. The number of rotatable bonds is 5. The number of nitrogens with zero attached hydrogens (tertiary/aromatic N) is 1. The lowest BCUT2D eigenvalue weighted by Gasteiger charge is -2.24. The molecule has 2 atom stereocenters. The van der Waals surface area contributed by atoms with Crippen LogP contribution in [0.4, 0.5) is 0 Å². The van der Waals surface area contributed by atoms with Gasteiger partial charge in [-0.15, -0.1) is 0 Å². The summed E-state index contributed by atoms with van der Waals surface area (Å²) in [5, 5.41) is 13.3. The summed E-state index contributed by atoms with van der Waals surface area (Å²) in [5.74, 6) is -1.67. The first-order valence-corrected chi connectivity index (χ1v) is 7.98. The van der Waals surface area contributed by atoms with Crippen LogP contribution in [0.3, 0.4) is 0 Å². The Balaban J connectivity index is 2.20. The number of nitrogens with two attached hydrogens (primary N) is 1. The second-order valence-electron chi connectivity index (χ2n) is 5.01. The van der Waals surface area contributed by atoms with Crippen LogP contribution < -0.4 is 5.14 Å². The molecule has 0 saturated carbocycles. The van der Waals surface area contributed by atoms with Gasteiger partial charge in [0.15, 0.2) is 0 Å². The van der Waals surface area contributed by atoms with Gasteiger partial charge in [-0.1, -0.05) is 30.3 Å². The number of aliphatic carboxylic acids is 1. The maximum absolute atomic E-state index is 11.9. The van der Waals surface area contributed by atoms with Crippen LogP contribution in [-0.2, 0) is 26.0 Å². The highest BCUT2D eigenvalue weighted by molar-refractivity contribution is 7.89. The number of hydrogen-bond acceptors (Lipinski definition) is 4. The molecule has 21 heavy (non-hydrogen) atoms. The summed E-state index contributed by atoms with van der Waals surface area (Å²) in [6, 6.07) is 7.77. The van der Waals surface area contributed by atoms with E-state index < -0.39 is 33.2 Å². The van der Waals surface area contributed by atoms with Gasteiger partial charge in [-0.2, -0.15) is 0 Å². The van der Waals surface area contributed by atoms with Crippen LogP contribution in [-0.4, -0.2) is 48.1 Å². The first-order chi connectivity index (χ1) is 9.79. The molecule has 3 N–H and O–H groups in total. The van der Waals surface area contributed by atoms with Crippen molar-refractivity contribution in [1.82, 2.24) is 4.90 Å². The summed E-state index contributed by atoms with van der Waals surface area (Å²) >= 11 is 0. The predicted molar refractivity (Wildman–Crippen MR) is 74.8 cm³/mol. The van der Waals surface area contributed by atoms with Crippen molar-refractivity contribution in [2.45, 2.75) is 24.1 Å². The molecular weight excluding hydrogens is 296 g/mol. The first-order valence-electron chi connectivity index (χ1n) is 6.37. The quantitative estimate of drug-likeness (QED) is 0.765. The minimum absolute atomic E-state index is 0.124. The highest BCUT2D eigenvalue weighted by atomic mass is 32.2. The van der Waals surface area contributed by atoms with Crippen molar-refractivity contribution >= 4 is 21.9 Å². The van der Waals surface area contributed by atoms with E-state index in [4.69, 9.17) is 5.14 Å². The lowest BCUT2D eigenvalue weighted by Crippen LogP contribution is -2.44. The summed E-state index contributed by atoms with van der Waals surface area (Å²) in [4.78, 5) is 24.4. The second kappa shape index (κ2) is 5.82. The minimum atomic E-state index is -3.86. The number of sulfonamides is 1. The molecule has 1 aliphatic rings. The number of carboxylic acid groups (broad SMARTS) is 1. The van der Waals surface area contributed by atoms with Gasteiger partial charge in [0.2, 0.25) is 15.9 Å². The van der Waals surface area contributed by atoms with E-state index in [2.05, 4.69) is 0 Å². The number of amides is 1. The van der Waals surface area contributed by atoms with Gasteiger partial charge in [0, 0.05) is 19.4 Å². The third kappa shape index (κ3) is 3.59. The van der Waals surface area contributed by atoms with E-state index in [9.17, 15) is 23.1 Å². The van der Waals surface area contributed by atoms with Gasteiger partial charge in [-0.05, 0) is 5.56 Å². The van der Waals surface area contributed by atoms with Crippen LogP contribution >= 0.6 is 0 Å². The fraction of sp³-hybridized carbons (Fsp3) is 0.385. The Morgan fingerprint density at radius 1 is 1.38 bits per heavy atom. The van der Waals surface area contributed by atoms with Crippen LogP contribution in [0.5, 0.6) is 0 Å². The fourth-order valence-corrected chi connectivity index (χ4v) is 3.13. The van der Waals surface area contributed by atoms with Crippen LogP contribution in [0.15, 0.2) is 30.3 Å². The Hall–Kier alpha value is -1.93. The molecule has 1 amide bonds. The standard InChI is InChI=1S/C13H16N2O5S/c14-21(19,20)10-7-12(16)15(8-10)11(13(17)18)6-9-4-2-1-3-5-9/h1-5,10-11H,6-8H2,(H,17,18)(H2,14,19,20)/t10?,11-/m0/s1. The Kier molecular flexibility index (Phi) is 4.29. The lowest BCUT2D eigenvalue weighted by molar-refractivity contribution is -0.148. The van der Waals surface area contributed by atoms with E-state index in [-0.39, 0.29) is 19.4 Å². The van der Waals surface area contributed by atoms with Crippen molar-refractivity contribution in [2.24, 2.45) is 5.14 Å². The van der Waals surface area contributed by atoms with Crippen LogP contribution in [0, 0.1) is 0 Å². The average molecular weight is 312 g/mol. The van der Waals surface area contributed by atoms with Crippen molar-refractivity contribution in [1.29, 1.82) is 0 Å². The highest BCUT2D eigenvalue weighted by Crippen LogP contribution is 2.21. The van der Waals surface area contributed by atoms with Gasteiger partial charge in [0.25, 0.3) is 0 Å². The Morgan fingerprint density at radius 3 is 2.48 bits per heavy atom. The normalized spacial score (nSPS) is 20.5. The minimum Gasteiger partial charge on any atom is -0.480 e.